The molecule has 0 radical (unpaired) electrons. The van der Waals surface area contributed by atoms with Crippen LogP contribution in [-0.2, 0) is 31.8 Å². The largest absolute Gasteiger partial charge is 0.608 e. The Hall–Kier alpha value is -1.84. The van der Waals surface area contributed by atoms with Gasteiger partial charge in [0.2, 0.25) is 0 Å². The number of ether oxygens (including phenoxy) is 4. The molecule has 0 saturated carbocycles. The molecule has 3 atom stereocenters. The van der Waals surface area contributed by atoms with Crippen LogP contribution in [0.2, 0.25) is 0 Å². The molecule has 0 heterocycles. The van der Waals surface area contributed by atoms with Gasteiger partial charge in [0.15, 0.2) is 0 Å². The maximum Gasteiger partial charge on any atom is 0.262 e. The van der Waals surface area contributed by atoms with Gasteiger partial charge in [-0.25, -0.2) is 0 Å². The lowest BCUT2D eigenvalue weighted by molar-refractivity contribution is 0.0595. The molecule has 0 spiro atoms. The summed E-state index contributed by atoms with van der Waals surface area (Å²) in [6, 6.07) is 5.38. The van der Waals surface area contributed by atoms with Crippen LogP contribution >= 0.6 is 0 Å². The van der Waals surface area contributed by atoms with E-state index >= 15 is 0 Å². The fourth-order valence-corrected chi connectivity index (χ4v) is 4.96. The molecular weight excluding hydrogens is 412 g/mol. The van der Waals surface area contributed by atoms with Gasteiger partial charge in [-0.1, -0.05) is 12.1 Å². The first kappa shape index (κ1) is 23.4. The Labute approximate surface area is 178 Å². The van der Waals surface area contributed by atoms with Crippen LogP contribution in [0.1, 0.15) is 12.0 Å². The maximum absolute atomic E-state index is 12.4. The van der Waals surface area contributed by atoms with Crippen molar-refractivity contribution in [3.05, 3.63) is 64.6 Å². The van der Waals surface area contributed by atoms with E-state index in [4.69, 9.17) is 18.9 Å². The molecule has 6 nitrogen and oxygen atoms in total. The Morgan fingerprint density at radius 3 is 2.24 bits per heavy atom. The number of hydrogen-bond acceptors (Lipinski definition) is 6. The molecule has 0 aliphatic heterocycles. The van der Waals surface area contributed by atoms with E-state index in [-0.39, 0.29) is 5.08 Å². The molecule has 0 bridgehead atoms. The summed E-state index contributed by atoms with van der Waals surface area (Å²) in [5, 5.41) is 2.98. The first-order valence-electron chi connectivity index (χ1n) is 8.77. The topological polar surface area (TPSA) is 83.0 Å². The molecule has 1 aromatic carbocycles. The van der Waals surface area contributed by atoms with Crippen LogP contribution in [0, 0.1) is 0 Å². The van der Waals surface area contributed by atoms with Gasteiger partial charge < -0.3 is 28.1 Å². The second-order valence-corrected chi connectivity index (χ2v) is 9.10. The van der Waals surface area contributed by atoms with Crippen LogP contribution in [-0.4, -0.2) is 48.2 Å². The van der Waals surface area contributed by atoms with E-state index in [1.54, 1.807) is 58.8 Å². The molecule has 0 amide bonds. The number of benzene rings is 1. The highest BCUT2D eigenvalue weighted by Gasteiger charge is 2.29. The quantitative estimate of drug-likeness (QED) is 0.520. The van der Waals surface area contributed by atoms with Gasteiger partial charge in [0.05, 0.1) is 32.7 Å². The Kier molecular flexibility index (Phi) is 9.19. The summed E-state index contributed by atoms with van der Waals surface area (Å²) in [5.74, 6) is 1.97. The van der Waals surface area contributed by atoms with Crippen LogP contribution in [0.4, 0.5) is 0 Å². The van der Waals surface area contributed by atoms with Crippen molar-refractivity contribution in [1.29, 1.82) is 0 Å². The van der Waals surface area contributed by atoms with E-state index in [2.05, 4.69) is 0 Å². The fourth-order valence-electron chi connectivity index (χ4n) is 2.74. The summed E-state index contributed by atoms with van der Waals surface area (Å²) >= 11 is -2.87. The van der Waals surface area contributed by atoms with Gasteiger partial charge in [-0.2, -0.15) is 0 Å². The van der Waals surface area contributed by atoms with Crippen molar-refractivity contribution in [3.63, 3.8) is 0 Å². The van der Waals surface area contributed by atoms with Gasteiger partial charge in [0.25, 0.3) is 5.08 Å². The van der Waals surface area contributed by atoms with E-state index in [1.807, 2.05) is 18.2 Å². The minimum absolute atomic E-state index is 0.0268. The number of methoxy groups -OCH3 is 4. The van der Waals surface area contributed by atoms with Gasteiger partial charge in [-0.05, 0) is 30.4 Å². The molecule has 2 rings (SSSR count). The standard InChI is InChI=1S/C21H26O6S2/c1-24-17-7-6-11-21(15-17,27-4)12-14-29(23)16-28(22)13-10-18-19(25-2)8-5-9-20(18)26-3/h5-14H,15-16H2,1-4H3/b13-10-,14-12+. The van der Waals surface area contributed by atoms with Crippen LogP contribution in [0.5, 0.6) is 11.5 Å². The van der Waals surface area contributed by atoms with Crippen LogP contribution in [0.25, 0.3) is 6.08 Å². The second-order valence-electron chi connectivity index (χ2n) is 6.09. The zero-order chi connectivity index (χ0) is 21.3. The third-order valence-electron chi connectivity index (χ3n) is 4.34. The summed E-state index contributed by atoms with van der Waals surface area (Å²) in [4.78, 5) is 0. The van der Waals surface area contributed by atoms with Crippen LogP contribution in [0.15, 0.2) is 59.1 Å². The average Bonchev–Trinajstić information content (AvgIpc) is 2.76. The van der Waals surface area contributed by atoms with Crippen molar-refractivity contribution in [3.8, 4) is 11.5 Å². The molecule has 1 aliphatic rings. The summed E-state index contributed by atoms with van der Waals surface area (Å²) in [7, 11) is 6.29. The smallest absolute Gasteiger partial charge is 0.262 e. The predicted octanol–water partition coefficient (Wildman–Crippen LogP) is 3.52. The maximum atomic E-state index is 12.4. The molecular formula is C21H26O6S2. The van der Waals surface area contributed by atoms with Crippen molar-refractivity contribution in [2.75, 3.05) is 33.5 Å². The lowest BCUT2D eigenvalue weighted by Crippen LogP contribution is -2.29. The van der Waals surface area contributed by atoms with Gasteiger partial charge in [-0.15, -0.1) is 0 Å². The normalized spacial score (nSPS) is 21.2. The highest BCUT2D eigenvalue weighted by molar-refractivity contribution is 8.10. The molecule has 0 aromatic heterocycles. The summed E-state index contributed by atoms with van der Waals surface area (Å²) in [6.45, 7) is 0. The Morgan fingerprint density at radius 1 is 1.00 bits per heavy atom. The second kappa shape index (κ2) is 11.4. The first-order valence-corrected chi connectivity index (χ1v) is 11.5. The predicted molar refractivity (Wildman–Crippen MR) is 117 cm³/mol. The molecule has 0 fully saturated rings. The average molecular weight is 439 g/mol. The number of rotatable bonds is 10. The van der Waals surface area contributed by atoms with E-state index in [0.29, 0.717) is 23.5 Å². The van der Waals surface area contributed by atoms with Gasteiger partial charge in [-0.3, -0.25) is 0 Å². The minimum Gasteiger partial charge on any atom is -0.608 e. The third kappa shape index (κ3) is 6.58. The van der Waals surface area contributed by atoms with Gasteiger partial charge in [0, 0.05) is 42.0 Å². The Morgan fingerprint density at radius 2 is 1.66 bits per heavy atom. The van der Waals surface area contributed by atoms with Crippen molar-refractivity contribution < 1.29 is 28.1 Å². The fraction of sp³-hybridized carbons (Fsp3) is 0.333. The zero-order valence-electron chi connectivity index (χ0n) is 17.0. The Bertz CT molecular complexity index is 767. The summed E-state index contributed by atoms with van der Waals surface area (Å²) < 4.78 is 46.2. The lowest BCUT2D eigenvalue weighted by atomic mass is 9.94. The summed E-state index contributed by atoms with van der Waals surface area (Å²) in [5.41, 5.74) is -0.0468. The highest BCUT2D eigenvalue weighted by Crippen LogP contribution is 2.30. The molecule has 1 aromatic rings. The van der Waals surface area contributed by atoms with E-state index < -0.39 is 28.0 Å². The molecule has 1 aliphatic carbocycles. The van der Waals surface area contributed by atoms with Crippen molar-refractivity contribution in [2.24, 2.45) is 0 Å². The SMILES string of the molecule is COC1=CC=CC(/C=C/[S+]([O-])C[S+]([O-])/C=C\c2c(OC)cccc2OC)(OC)C1. The van der Waals surface area contributed by atoms with Crippen molar-refractivity contribution in [2.45, 2.75) is 12.0 Å². The molecule has 0 saturated heterocycles. The van der Waals surface area contributed by atoms with E-state index in [9.17, 15) is 9.11 Å². The van der Waals surface area contributed by atoms with Gasteiger partial charge in [0.1, 0.15) is 27.9 Å². The molecule has 0 N–H and O–H groups in total. The number of hydrogen-bond donors (Lipinski definition) is 0. The van der Waals surface area contributed by atoms with Crippen molar-refractivity contribution >= 4 is 28.4 Å². The van der Waals surface area contributed by atoms with Crippen LogP contribution in [0.3, 0.4) is 0 Å². The molecule has 158 valence electrons. The highest BCUT2D eigenvalue weighted by atomic mass is 32.3. The first-order chi connectivity index (χ1) is 14.0. The Balaban J connectivity index is 2.02. The lowest BCUT2D eigenvalue weighted by Gasteiger charge is -2.28. The molecule has 29 heavy (non-hydrogen) atoms. The third-order valence-corrected chi connectivity index (χ3v) is 7.08. The molecule has 8 heteroatoms. The zero-order valence-corrected chi connectivity index (χ0v) is 18.6. The number of allylic oxidation sites excluding steroid dienone is 2. The minimum atomic E-state index is -1.44. The summed E-state index contributed by atoms with van der Waals surface area (Å²) in [6.07, 6.45) is 9.43. The van der Waals surface area contributed by atoms with E-state index in [0.717, 1.165) is 5.76 Å². The van der Waals surface area contributed by atoms with Crippen molar-refractivity contribution in [1.82, 2.24) is 0 Å². The van der Waals surface area contributed by atoms with E-state index in [1.165, 1.54) is 10.8 Å². The molecule has 3 unspecified atom stereocenters. The van der Waals surface area contributed by atoms with Gasteiger partial charge >= 0.3 is 0 Å². The monoisotopic (exact) mass is 438 g/mol. The van der Waals surface area contributed by atoms with Crippen LogP contribution < -0.4 is 9.47 Å².